The fraction of sp³-hybridized carbons (Fsp3) is 0.226. The number of benzene rings is 3. The Morgan fingerprint density at radius 3 is 2.45 bits per heavy atom. The number of nitrogens with zero attached hydrogens (tertiary/aromatic N) is 3. The first kappa shape index (κ1) is 27.0. The average Bonchev–Trinajstić information content (AvgIpc) is 2.97. The normalized spacial score (nSPS) is 18.8. The SMILES string of the molecule is CCOc1ccc(N2C(N)=C(C#N)[C@@H](c3ccc(SC)cc3)C3=C2C[C@@H](c2ccccc2)CC3=O)c([N+](=O)[O-])c1. The molecule has 1 aliphatic heterocycles. The fourth-order valence-electron chi connectivity index (χ4n) is 5.59. The fourth-order valence-corrected chi connectivity index (χ4v) is 6.00. The van der Waals surface area contributed by atoms with Gasteiger partial charge in [0.1, 0.15) is 17.3 Å². The molecule has 3 aromatic rings. The summed E-state index contributed by atoms with van der Waals surface area (Å²) in [6, 6.07) is 24.3. The number of carbonyl (C=O) groups is 1. The van der Waals surface area contributed by atoms with Crippen LogP contribution in [0.2, 0.25) is 0 Å². The summed E-state index contributed by atoms with van der Waals surface area (Å²) in [5.41, 5.74) is 9.68. The molecule has 2 aliphatic rings. The maximum atomic E-state index is 14.0. The molecule has 3 aromatic carbocycles. The van der Waals surface area contributed by atoms with E-state index >= 15 is 0 Å². The van der Waals surface area contributed by atoms with Gasteiger partial charge in [-0.05, 0) is 60.9 Å². The van der Waals surface area contributed by atoms with Gasteiger partial charge in [-0.2, -0.15) is 5.26 Å². The van der Waals surface area contributed by atoms with E-state index in [2.05, 4.69) is 6.07 Å². The second kappa shape index (κ2) is 11.3. The van der Waals surface area contributed by atoms with Crippen molar-refractivity contribution < 1.29 is 14.5 Å². The van der Waals surface area contributed by atoms with Gasteiger partial charge in [-0.25, -0.2) is 0 Å². The molecule has 0 aromatic heterocycles. The van der Waals surface area contributed by atoms with Crippen LogP contribution in [0.15, 0.2) is 100 Å². The Morgan fingerprint density at radius 2 is 1.82 bits per heavy atom. The third kappa shape index (κ3) is 4.82. The summed E-state index contributed by atoms with van der Waals surface area (Å²) in [5.74, 6) is -0.492. The molecular formula is C31H28N4O4S. The molecule has 2 atom stereocenters. The van der Waals surface area contributed by atoms with Gasteiger partial charge >= 0.3 is 0 Å². The van der Waals surface area contributed by atoms with E-state index in [9.17, 15) is 20.2 Å². The van der Waals surface area contributed by atoms with Gasteiger partial charge in [-0.3, -0.25) is 19.8 Å². The topological polar surface area (TPSA) is 122 Å². The summed E-state index contributed by atoms with van der Waals surface area (Å²) in [4.78, 5) is 28.4. The molecule has 2 N–H and O–H groups in total. The van der Waals surface area contributed by atoms with Crippen molar-refractivity contribution in [3.8, 4) is 11.8 Å². The van der Waals surface area contributed by atoms with E-state index in [4.69, 9.17) is 10.5 Å². The lowest BCUT2D eigenvalue weighted by Crippen LogP contribution is -2.40. The molecule has 1 heterocycles. The number of carbonyl (C=O) groups excluding carboxylic acids is 1. The lowest BCUT2D eigenvalue weighted by molar-refractivity contribution is -0.384. The van der Waals surface area contributed by atoms with Crippen LogP contribution in [-0.2, 0) is 4.79 Å². The molecule has 0 spiro atoms. The molecule has 40 heavy (non-hydrogen) atoms. The smallest absolute Gasteiger partial charge is 0.296 e. The molecular weight excluding hydrogens is 524 g/mol. The third-order valence-corrected chi connectivity index (χ3v) is 8.13. The highest BCUT2D eigenvalue weighted by Gasteiger charge is 2.44. The van der Waals surface area contributed by atoms with Gasteiger partial charge in [0, 0.05) is 22.6 Å². The highest BCUT2D eigenvalue weighted by molar-refractivity contribution is 7.98. The molecule has 0 saturated carbocycles. The van der Waals surface area contributed by atoms with Crippen LogP contribution in [0.5, 0.6) is 5.75 Å². The lowest BCUT2D eigenvalue weighted by Gasteiger charge is -2.41. The van der Waals surface area contributed by atoms with E-state index in [0.717, 1.165) is 16.0 Å². The van der Waals surface area contributed by atoms with E-state index in [1.165, 1.54) is 6.07 Å². The van der Waals surface area contributed by atoms with E-state index in [0.29, 0.717) is 30.0 Å². The van der Waals surface area contributed by atoms with Gasteiger partial charge in [0.15, 0.2) is 5.78 Å². The van der Waals surface area contributed by atoms with Gasteiger partial charge in [-0.15, -0.1) is 11.8 Å². The summed E-state index contributed by atoms with van der Waals surface area (Å²) in [6.45, 7) is 2.14. The van der Waals surface area contributed by atoms with Gasteiger partial charge in [-0.1, -0.05) is 42.5 Å². The predicted octanol–water partition coefficient (Wildman–Crippen LogP) is 6.41. The molecule has 0 bridgehead atoms. The number of nitro groups is 1. The molecule has 9 heteroatoms. The number of allylic oxidation sites excluding steroid dienone is 3. The number of hydrogen-bond donors (Lipinski definition) is 1. The standard InChI is InChI=1S/C31H28N4O4S/c1-3-39-22-11-14-25(26(17-22)35(37)38)34-27-15-21(19-7-5-4-6-8-19)16-28(36)30(27)29(24(18-32)31(34)33)20-9-12-23(40-2)13-10-20/h4-14,17,21,29H,3,15-16,33H2,1-2H3/t21-,29-/m1/s1. The van der Waals surface area contributed by atoms with Crippen molar-refractivity contribution in [2.45, 2.75) is 36.5 Å². The van der Waals surface area contributed by atoms with Crippen molar-refractivity contribution in [1.29, 1.82) is 5.26 Å². The summed E-state index contributed by atoms with van der Waals surface area (Å²) in [7, 11) is 0. The summed E-state index contributed by atoms with van der Waals surface area (Å²) >= 11 is 1.60. The van der Waals surface area contributed by atoms with Crippen molar-refractivity contribution in [2.24, 2.45) is 5.73 Å². The van der Waals surface area contributed by atoms with Crippen molar-refractivity contribution in [2.75, 3.05) is 17.8 Å². The van der Waals surface area contributed by atoms with Crippen LogP contribution in [-0.4, -0.2) is 23.6 Å². The minimum Gasteiger partial charge on any atom is -0.494 e. The van der Waals surface area contributed by atoms with Crippen LogP contribution in [0.3, 0.4) is 0 Å². The number of ketones is 1. The first-order valence-corrected chi connectivity index (χ1v) is 14.2. The Morgan fingerprint density at radius 1 is 1.10 bits per heavy atom. The van der Waals surface area contributed by atoms with E-state index < -0.39 is 10.8 Å². The second-order valence-electron chi connectivity index (χ2n) is 9.59. The van der Waals surface area contributed by atoms with E-state index in [-0.39, 0.29) is 40.9 Å². The Balaban J connectivity index is 1.75. The highest BCUT2D eigenvalue weighted by atomic mass is 32.2. The van der Waals surface area contributed by atoms with Gasteiger partial charge in [0.25, 0.3) is 5.69 Å². The molecule has 0 saturated heterocycles. The van der Waals surface area contributed by atoms with Crippen LogP contribution >= 0.6 is 11.8 Å². The number of nitrogens with two attached hydrogens (primary N) is 1. The maximum Gasteiger partial charge on any atom is 0.296 e. The summed E-state index contributed by atoms with van der Waals surface area (Å²) in [5, 5.41) is 22.6. The quantitative estimate of drug-likeness (QED) is 0.203. The van der Waals surface area contributed by atoms with Crippen LogP contribution in [0.25, 0.3) is 0 Å². The highest BCUT2D eigenvalue weighted by Crippen LogP contribution is 2.50. The third-order valence-electron chi connectivity index (χ3n) is 7.38. The van der Waals surface area contributed by atoms with Crippen molar-refractivity contribution >= 4 is 28.9 Å². The first-order chi connectivity index (χ1) is 19.4. The van der Waals surface area contributed by atoms with Crippen LogP contribution in [0, 0.1) is 21.4 Å². The molecule has 0 fully saturated rings. The molecule has 5 rings (SSSR count). The van der Waals surface area contributed by atoms with Gasteiger partial charge in [0.2, 0.25) is 0 Å². The van der Waals surface area contributed by atoms with E-state index in [1.54, 1.807) is 35.7 Å². The molecule has 0 radical (unpaired) electrons. The molecule has 202 valence electrons. The van der Waals surface area contributed by atoms with Gasteiger partial charge < -0.3 is 10.5 Å². The minimum absolute atomic E-state index is 0.0777. The number of hydrogen-bond acceptors (Lipinski definition) is 8. The van der Waals surface area contributed by atoms with Crippen LogP contribution in [0.4, 0.5) is 11.4 Å². The first-order valence-electron chi connectivity index (χ1n) is 12.9. The Kier molecular flexibility index (Phi) is 7.63. The molecule has 8 nitrogen and oxygen atoms in total. The van der Waals surface area contributed by atoms with E-state index in [1.807, 2.05) is 60.9 Å². The summed E-state index contributed by atoms with van der Waals surface area (Å²) in [6.07, 6.45) is 2.67. The number of ether oxygens (including phenoxy) is 1. The number of nitriles is 1. The molecule has 0 unspecified atom stereocenters. The van der Waals surface area contributed by atoms with Crippen LogP contribution < -0.4 is 15.4 Å². The maximum absolute atomic E-state index is 14.0. The largest absolute Gasteiger partial charge is 0.494 e. The predicted molar refractivity (Wildman–Crippen MR) is 155 cm³/mol. The van der Waals surface area contributed by atoms with Crippen molar-refractivity contribution in [3.63, 3.8) is 0 Å². The number of thioether (sulfide) groups is 1. The lowest BCUT2D eigenvalue weighted by atomic mass is 9.72. The Bertz CT molecular complexity index is 1580. The Hall–Kier alpha value is -4.55. The number of anilines is 1. The summed E-state index contributed by atoms with van der Waals surface area (Å²) < 4.78 is 5.51. The van der Waals surface area contributed by atoms with Crippen molar-refractivity contribution in [3.05, 3.63) is 117 Å². The number of Topliss-reactive ketones (excluding diaryl/α,β-unsaturated/α-hetero) is 1. The zero-order valence-corrected chi connectivity index (χ0v) is 23.0. The molecule has 1 aliphatic carbocycles. The monoisotopic (exact) mass is 552 g/mol. The Labute approximate surface area is 236 Å². The number of nitro benzene ring substituents is 1. The number of rotatable bonds is 7. The van der Waals surface area contributed by atoms with Crippen molar-refractivity contribution in [1.82, 2.24) is 0 Å². The average molecular weight is 553 g/mol. The zero-order chi connectivity index (χ0) is 28.4. The second-order valence-corrected chi connectivity index (χ2v) is 10.5. The zero-order valence-electron chi connectivity index (χ0n) is 22.2. The van der Waals surface area contributed by atoms with Gasteiger partial charge in [0.05, 0.1) is 35.2 Å². The molecule has 0 amide bonds. The van der Waals surface area contributed by atoms with Crippen LogP contribution in [0.1, 0.15) is 42.7 Å². The minimum atomic E-state index is -0.668.